The van der Waals surface area contributed by atoms with E-state index in [0.717, 1.165) is 10.9 Å². The maximum Gasteiger partial charge on any atom is 0.347 e. The highest BCUT2D eigenvalue weighted by Gasteiger charge is 2.16. The second-order valence-corrected chi connectivity index (χ2v) is 5.91. The predicted octanol–water partition coefficient (Wildman–Crippen LogP) is 4.58. The number of pyridine rings is 1. The van der Waals surface area contributed by atoms with Crippen LogP contribution in [0, 0.1) is 0 Å². The maximum atomic E-state index is 11.7. The van der Waals surface area contributed by atoms with E-state index in [-0.39, 0.29) is 12.5 Å². The van der Waals surface area contributed by atoms with E-state index in [1.807, 2.05) is 36.4 Å². The van der Waals surface area contributed by atoms with Gasteiger partial charge in [0.1, 0.15) is 18.1 Å². The van der Waals surface area contributed by atoms with Crippen LogP contribution in [-0.4, -0.2) is 29.5 Å². The molecule has 3 aromatic rings. The van der Waals surface area contributed by atoms with Crippen molar-refractivity contribution < 1.29 is 19.0 Å². The molecule has 0 aliphatic rings. The Balaban J connectivity index is 1.62. The van der Waals surface area contributed by atoms with E-state index in [2.05, 4.69) is 4.98 Å². The third-order valence-electron chi connectivity index (χ3n) is 3.59. The molecule has 0 fully saturated rings. The monoisotopic (exact) mass is 371 g/mol. The third kappa shape index (κ3) is 4.64. The average Bonchev–Trinajstić information content (AvgIpc) is 2.67. The SMILES string of the molecule is CC(Oc1ccc(Oc2ccc3ccccc3n2)cc1)C(=O)OCCCl. The molecule has 1 aromatic heterocycles. The van der Waals surface area contributed by atoms with E-state index in [0.29, 0.717) is 17.4 Å². The zero-order chi connectivity index (χ0) is 18.4. The maximum absolute atomic E-state index is 11.7. The second-order valence-electron chi connectivity index (χ2n) is 5.53. The van der Waals surface area contributed by atoms with Crippen LogP contribution < -0.4 is 9.47 Å². The van der Waals surface area contributed by atoms with Crippen molar-refractivity contribution in [1.82, 2.24) is 4.98 Å². The molecule has 0 aliphatic carbocycles. The molecule has 0 amide bonds. The fourth-order valence-corrected chi connectivity index (χ4v) is 2.40. The summed E-state index contributed by atoms with van der Waals surface area (Å²) >= 11 is 5.49. The van der Waals surface area contributed by atoms with E-state index in [1.165, 1.54) is 0 Å². The smallest absolute Gasteiger partial charge is 0.347 e. The number of rotatable bonds is 7. The van der Waals surface area contributed by atoms with Crippen molar-refractivity contribution >= 4 is 28.5 Å². The number of fused-ring (bicyclic) bond motifs is 1. The van der Waals surface area contributed by atoms with Gasteiger partial charge in [0.05, 0.1) is 11.4 Å². The molecule has 0 N–H and O–H groups in total. The van der Waals surface area contributed by atoms with E-state index in [4.69, 9.17) is 25.8 Å². The Kier molecular flexibility index (Phi) is 5.92. The highest BCUT2D eigenvalue weighted by molar-refractivity contribution is 6.18. The van der Waals surface area contributed by atoms with Gasteiger partial charge in [0.25, 0.3) is 0 Å². The van der Waals surface area contributed by atoms with E-state index in [9.17, 15) is 4.79 Å². The number of para-hydroxylation sites is 1. The Morgan fingerprint density at radius 1 is 1.04 bits per heavy atom. The number of carbonyl (C=O) groups excluding carboxylic acids is 1. The summed E-state index contributed by atoms with van der Waals surface area (Å²) in [6.07, 6.45) is -0.716. The zero-order valence-electron chi connectivity index (χ0n) is 14.2. The molecule has 3 rings (SSSR count). The van der Waals surface area contributed by atoms with Gasteiger partial charge in [0.2, 0.25) is 5.88 Å². The van der Waals surface area contributed by atoms with Crippen molar-refractivity contribution in [3.63, 3.8) is 0 Å². The molecule has 2 aromatic carbocycles. The quantitative estimate of drug-likeness (QED) is 0.449. The molecule has 0 bridgehead atoms. The number of nitrogens with zero attached hydrogens (tertiary/aromatic N) is 1. The number of hydrogen-bond donors (Lipinski definition) is 0. The molecule has 0 aliphatic heterocycles. The molecule has 26 heavy (non-hydrogen) atoms. The van der Waals surface area contributed by atoms with Crippen LogP contribution in [-0.2, 0) is 9.53 Å². The van der Waals surface area contributed by atoms with E-state index in [1.54, 1.807) is 31.2 Å². The van der Waals surface area contributed by atoms with Gasteiger partial charge >= 0.3 is 5.97 Å². The van der Waals surface area contributed by atoms with Crippen LogP contribution in [0.25, 0.3) is 10.9 Å². The minimum atomic E-state index is -0.716. The Bertz CT molecular complexity index is 882. The van der Waals surface area contributed by atoms with Crippen molar-refractivity contribution in [2.75, 3.05) is 12.5 Å². The summed E-state index contributed by atoms with van der Waals surface area (Å²) in [5, 5.41) is 1.05. The zero-order valence-corrected chi connectivity index (χ0v) is 15.0. The number of ether oxygens (including phenoxy) is 3. The van der Waals surface area contributed by atoms with Gasteiger partial charge in [-0.2, -0.15) is 0 Å². The lowest BCUT2D eigenvalue weighted by Gasteiger charge is -2.14. The number of carbonyl (C=O) groups is 1. The van der Waals surface area contributed by atoms with Crippen molar-refractivity contribution in [1.29, 1.82) is 0 Å². The summed E-state index contributed by atoms with van der Waals surface area (Å²) in [5.74, 6) is 1.48. The predicted molar refractivity (Wildman–Crippen MR) is 100 cm³/mol. The molecule has 1 heterocycles. The molecule has 0 saturated carbocycles. The van der Waals surface area contributed by atoms with Crippen molar-refractivity contribution in [3.05, 3.63) is 60.7 Å². The highest BCUT2D eigenvalue weighted by Crippen LogP contribution is 2.25. The fourth-order valence-electron chi connectivity index (χ4n) is 2.32. The summed E-state index contributed by atoms with van der Waals surface area (Å²) in [7, 11) is 0. The lowest BCUT2D eigenvalue weighted by molar-refractivity contribution is -0.150. The van der Waals surface area contributed by atoms with Crippen molar-refractivity contribution in [2.45, 2.75) is 13.0 Å². The number of esters is 1. The molecule has 0 radical (unpaired) electrons. The van der Waals surface area contributed by atoms with E-state index >= 15 is 0 Å². The van der Waals surface area contributed by atoms with Gasteiger partial charge in [-0.3, -0.25) is 0 Å². The first-order chi connectivity index (χ1) is 12.7. The molecule has 1 atom stereocenters. The van der Waals surface area contributed by atoms with Crippen molar-refractivity contribution in [3.8, 4) is 17.4 Å². The van der Waals surface area contributed by atoms with Gasteiger partial charge in [0, 0.05) is 11.5 Å². The first-order valence-corrected chi connectivity index (χ1v) is 8.72. The highest BCUT2D eigenvalue weighted by atomic mass is 35.5. The summed E-state index contributed by atoms with van der Waals surface area (Å²) in [4.78, 5) is 16.2. The van der Waals surface area contributed by atoms with Crippen LogP contribution in [0.1, 0.15) is 6.92 Å². The Morgan fingerprint density at radius 2 is 1.77 bits per heavy atom. The van der Waals surface area contributed by atoms with Gasteiger partial charge in [-0.05, 0) is 43.3 Å². The van der Waals surface area contributed by atoms with Gasteiger partial charge in [-0.1, -0.05) is 18.2 Å². The van der Waals surface area contributed by atoms with Gasteiger partial charge < -0.3 is 14.2 Å². The molecule has 134 valence electrons. The number of benzene rings is 2. The van der Waals surface area contributed by atoms with Crippen molar-refractivity contribution in [2.24, 2.45) is 0 Å². The van der Waals surface area contributed by atoms with Crippen LogP contribution in [0.2, 0.25) is 0 Å². The fraction of sp³-hybridized carbons (Fsp3) is 0.200. The number of hydrogen-bond acceptors (Lipinski definition) is 5. The summed E-state index contributed by atoms with van der Waals surface area (Å²) < 4.78 is 16.3. The summed E-state index contributed by atoms with van der Waals surface area (Å²) in [6, 6.07) is 18.6. The molecule has 1 unspecified atom stereocenters. The lowest BCUT2D eigenvalue weighted by Crippen LogP contribution is -2.26. The van der Waals surface area contributed by atoms with Crippen LogP contribution in [0.5, 0.6) is 17.4 Å². The lowest BCUT2D eigenvalue weighted by atomic mass is 10.2. The second kappa shape index (κ2) is 8.54. The van der Waals surface area contributed by atoms with Crippen LogP contribution in [0.4, 0.5) is 0 Å². The molecule has 6 heteroatoms. The van der Waals surface area contributed by atoms with Gasteiger partial charge in [-0.15, -0.1) is 11.6 Å². The van der Waals surface area contributed by atoms with Crippen LogP contribution in [0.3, 0.4) is 0 Å². The van der Waals surface area contributed by atoms with Crippen LogP contribution in [0.15, 0.2) is 60.7 Å². The molecular formula is C20H18ClNO4. The molecule has 0 saturated heterocycles. The number of halogens is 1. The largest absolute Gasteiger partial charge is 0.479 e. The molecular weight excluding hydrogens is 354 g/mol. The van der Waals surface area contributed by atoms with Gasteiger partial charge in [-0.25, -0.2) is 9.78 Å². The number of alkyl halides is 1. The Labute approximate surface area is 156 Å². The molecule has 5 nitrogen and oxygen atoms in total. The average molecular weight is 372 g/mol. The minimum Gasteiger partial charge on any atom is -0.479 e. The molecule has 0 spiro atoms. The normalized spacial score (nSPS) is 11.8. The van der Waals surface area contributed by atoms with Crippen LogP contribution >= 0.6 is 11.6 Å². The summed E-state index contributed by atoms with van der Waals surface area (Å²) in [6.45, 7) is 1.79. The third-order valence-corrected chi connectivity index (χ3v) is 3.74. The number of aromatic nitrogens is 1. The summed E-state index contributed by atoms with van der Waals surface area (Å²) in [5.41, 5.74) is 0.870. The standard InChI is InChI=1S/C20H18ClNO4/c1-14(20(23)24-13-12-21)25-16-7-9-17(10-8-16)26-19-11-6-15-4-2-3-5-18(15)22-19/h2-11,14H,12-13H2,1H3. The minimum absolute atomic E-state index is 0.166. The van der Waals surface area contributed by atoms with E-state index < -0.39 is 12.1 Å². The Hall–Kier alpha value is -2.79. The first kappa shape index (κ1) is 18.0. The first-order valence-electron chi connectivity index (χ1n) is 8.18. The Morgan fingerprint density at radius 3 is 2.54 bits per heavy atom. The van der Waals surface area contributed by atoms with Gasteiger partial charge in [0.15, 0.2) is 6.10 Å². The topological polar surface area (TPSA) is 57.7 Å².